The Bertz CT molecular complexity index is 372. The zero-order valence-corrected chi connectivity index (χ0v) is 10.2. The van der Waals surface area contributed by atoms with E-state index in [1.54, 1.807) is 6.07 Å². The van der Waals surface area contributed by atoms with Crippen molar-refractivity contribution in [2.75, 3.05) is 0 Å². The van der Waals surface area contributed by atoms with Crippen molar-refractivity contribution < 1.29 is 9.50 Å². The second-order valence-corrected chi connectivity index (χ2v) is 5.50. The summed E-state index contributed by atoms with van der Waals surface area (Å²) in [5, 5.41) is 10.1. The number of halogens is 2. The molecule has 82 valence electrons. The van der Waals surface area contributed by atoms with Crippen LogP contribution in [0.5, 0.6) is 0 Å². The first kappa shape index (κ1) is 11.1. The molecule has 1 fully saturated rings. The molecule has 1 aliphatic rings. The van der Waals surface area contributed by atoms with Crippen LogP contribution in [0.3, 0.4) is 0 Å². The molecule has 0 unspecified atom stereocenters. The third-order valence-corrected chi connectivity index (χ3v) is 3.73. The van der Waals surface area contributed by atoms with Crippen LogP contribution >= 0.6 is 15.9 Å². The fourth-order valence-corrected chi connectivity index (χ4v) is 2.89. The first-order valence-corrected chi connectivity index (χ1v) is 5.94. The van der Waals surface area contributed by atoms with Crippen LogP contribution in [-0.2, 0) is 6.42 Å². The molecule has 0 aromatic heterocycles. The average Bonchev–Trinajstić information content (AvgIpc) is 2.08. The van der Waals surface area contributed by atoms with Crippen LogP contribution in [0, 0.1) is 11.7 Å². The first-order valence-electron chi connectivity index (χ1n) is 5.15. The summed E-state index contributed by atoms with van der Waals surface area (Å²) in [5.41, 5.74) is 0.408. The molecular weight excluding hydrogens is 259 g/mol. The first-order chi connectivity index (χ1) is 6.98. The highest BCUT2D eigenvalue weighted by Crippen LogP contribution is 2.40. The summed E-state index contributed by atoms with van der Waals surface area (Å²) in [5.74, 6) is 0.355. The Balaban J connectivity index is 2.11. The largest absolute Gasteiger partial charge is 0.390 e. The second kappa shape index (κ2) is 3.87. The quantitative estimate of drug-likeness (QED) is 0.876. The Morgan fingerprint density at radius 2 is 2.20 bits per heavy atom. The van der Waals surface area contributed by atoms with Gasteiger partial charge in [-0.3, -0.25) is 0 Å². The molecule has 15 heavy (non-hydrogen) atoms. The molecule has 0 atom stereocenters. The van der Waals surface area contributed by atoms with E-state index >= 15 is 0 Å². The molecule has 0 aliphatic heterocycles. The maximum absolute atomic E-state index is 12.8. The number of benzene rings is 1. The highest BCUT2D eigenvalue weighted by Gasteiger charge is 2.40. The predicted octanol–water partition coefficient (Wildman–Crippen LogP) is 3.29. The molecule has 0 radical (unpaired) electrons. The Kier molecular flexibility index (Phi) is 2.86. The summed E-state index contributed by atoms with van der Waals surface area (Å²) in [6.07, 6.45) is 2.30. The fraction of sp³-hybridized carbons (Fsp3) is 0.500. The third-order valence-electron chi connectivity index (χ3n) is 2.99. The monoisotopic (exact) mass is 272 g/mol. The van der Waals surface area contributed by atoms with Gasteiger partial charge in [0.25, 0.3) is 0 Å². The summed E-state index contributed by atoms with van der Waals surface area (Å²) >= 11 is 3.32. The number of hydrogen-bond donors (Lipinski definition) is 1. The van der Waals surface area contributed by atoms with E-state index in [0.29, 0.717) is 12.3 Å². The van der Waals surface area contributed by atoms with Gasteiger partial charge in [0.2, 0.25) is 0 Å². The van der Waals surface area contributed by atoms with E-state index in [1.165, 1.54) is 12.1 Å². The number of rotatable bonds is 2. The van der Waals surface area contributed by atoms with Gasteiger partial charge in [0.1, 0.15) is 5.82 Å². The van der Waals surface area contributed by atoms with Crippen molar-refractivity contribution in [2.45, 2.75) is 31.8 Å². The lowest BCUT2D eigenvalue weighted by atomic mass is 9.69. The standard InChI is InChI=1S/C12H14BrFO/c1-8-5-12(15,6-8)7-9-2-3-10(14)4-11(9)13/h2-4,8,15H,5-7H2,1H3. The van der Waals surface area contributed by atoms with Gasteiger partial charge in [-0.25, -0.2) is 4.39 Å². The zero-order chi connectivity index (χ0) is 11.1. The molecular formula is C12H14BrFO. The fourth-order valence-electron chi connectivity index (χ4n) is 2.40. The van der Waals surface area contributed by atoms with Crippen LogP contribution in [0.15, 0.2) is 22.7 Å². The van der Waals surface area contributed by atoms with Crippen molar-refractivity contribution in [3.05, 3.63) is 34.1 Å². The molecule has 1 N–H and O–H groups in total. The van der Waals surface area contributed by atoms with Crippen LogP contribution in [0.25, 0.3) is 0 Å². The minimum atomic E-state index is -0.570. The van der Waals surface area contributed by atoms with Crippen LogP contribution in [0.1, 0.15) is 25.3 Å². The van der Waals surface area contributed by atoms with E-state index in [4.69, 9.17) is 0 Å². The molecule has 0 saturated heterocycles. The van der Waals surface area contributed by atoms with Crippen molar-refractivity contribution in [1.82, 2.24) is 0 Å². The van der Waals surface area contributed by atoms with E-state index < -0.39 is 5.60 Å². The molecule has 1 aromatic carbocycles. The van der Waals surface area contributed by atoms with E-state index in [1.807, 2.05) is 0 Å². The van der Waals surface area contributed by atoms with Gasteiger partial charge >= 0.3 is 0 Å². The van der Waals surface area contributed by atoms with Crippen molar-refractivity contribution in [3.8, 4) is 0 Å². The summed E-state index contributed by atoms with van der Waals surface area (Å²) in [4.78, 5) is 0. The van der Waals surface area contributed by atoms with Crippen molar-refractivity contribution in [3.63, 3.8) is 0 Å². The zero-order valence-electron chi connectivity index (χ0n) is 8.63. The van der Waals surface area contributed by atoms with Gasteiger partial charge < -0.3 is 5.11 Å². The summed E-state index contributed by atoms with van der Waals surface area (Å²) in [7, 11) is 0. The Morgan fingerprint density at radius 1 is 1.53 bits per heavy atom. The highest BCUT2D eigenvalue weighted by molar-refractivity contribution is 9.10. The normalized spacial score (nSPS) is 30.0. The molecule has 1 saturated carbocycles. The van der Waals surface area contributed by atoms with Crippen LogP contribution in [0.2, 0.25) is 0 Å². The highest BCUT2D eigenvalue weighted by atomic mass is 79.9. The van der Waals surface area contributed by atoms with E-state index in [9.17, 15) is 9.50 Å². The van der Waals surface area contributed by atoms with Gasteiger partial charge in [0.05, 0.1) is 5.60 Å². The smallest absolute Gasteiger partial charge is 0.124 e. The van der Waals surface area contributed by atoms with E-state index in [-0.39, 0.29) is 5.82 Å². The molecule has 0 spiro atoms. The number of aliphatic hydroxyl groups is 1. The van der Waals surface area contributed by atoms with Gasteiger partial charge in [-0.2, -0.15) is 0 Å². The topological polar surface area (TPSA) is 20.2 Å². The third kappa shape index (κ3) is 2.40. The Hall–Kier alpha value is -0.410. The van der Waals surface area contributed by atoms with Gasteiger partial charge in [0.15, 0.2) is 0 Å². The molecule has 1 aromatic rings. The summed E-state index contributed by atoms with van der Waals surface area (Å²) in [6, 6.07) is 4.62. The predicted molar refractivity (Wildman–Crippen MR) is 61.2 cm³/mol. The molecule has 1 nitrogen and oxygen atoms in total. The summed E-state index contributed by atoms with van der Waals surface area (Å²) < 4.78 is 13.6. The van der Waals surface area contributed by atoms with Crippen molar-refractivity contribution in [2.24, 2.45) is 5.92 Å². The van der Waals surface area contributed by atoms with Gasteiger partial charge in [-0.15, -0.1) is 0 Å². The van der Waals surface area contributed by atoms with Crippen molar-refractivity contribution in [1.29, 1.82) is 0 Å². The van der Waals surface area contributed by atoms with Gasteiger partial charge in [-0.1, -0.05) is 28.9 Å². The molecule has 1 aliphatic carbocycles. The lowest BCUT2D eigenvalue weighted by Crippen LogP contribution is -2.44. The summed E-state index contributed by atoms with van der Waals surface area (Å²) in [6.45, 7) is 2.13. The van der Waals surface area contributed by atoms with Gasteiger partial charge in [0, 0.05) is 10.9 Å². The maximum atomic E-state index is 12.8. The van der Waals surface area contributed by atoms with Crippen LogP contribution < -0.4 is 0 Å². The SMILES string of the molecule is CC1CC(O)(Cc2ccc(F)cc2Br)C1. The number of hydrogen-bond acceptors (Lipinski definition) is 1. The maximum Gasteiger partial charge on any atom is 0.124 e. The lowest BCUT2D eigenvalue weighted by molar-refractivity contribution is -0.0667. The van der Waals surface area contributed by atoms with Gasteiger partial charge in [-0.05, 0) is 36.5 Å². The molecule has 0 heterocycles. The molecule has 3 heteroatoms. The van der Waals surface area contributed by atoms with E-state index in [2.05, 4.69) is 22.9 Å². The van der Waals surface area contributed by atoms with E-state index in [0.717, 1.165) is 22.9 Å². The molecule has 0 bridgehead atoms. The van der Waals surface area contributed by atoms with Crippen LogP contribution in [-0.4, -0.2) is 10.7 Å². The molecule has 0 amide bonds. The Morgan fingerprint density at radius 3 is 2.73 bits per heavy atom. The van der Waals surface area contributed by atoms with Crippen LogP contribution in [0.4, 0.5) is 4.39 Å². The second-order valence-electron chi connectivity index (χ2n) is 4.65. The minimum Gasteiger partial charge on any atom is -0.390 e. The molecule has 2 rings (SSSR count). The lowest BCUT2D eigenvalue weighted by Gasteiger charge is -2.42. The average molecular weight is 273 g/mol. The van der Waals surface area contributed by atoms with Crippen molar-refractivity contribution >= 4 is 15.9 Å². The minimum absolute atomic E-state index is 0.250. The Labute approximate surface area is 97.4 Å².